The highest BCUT2D eigenvalue weighted by Gasteiger charge is 2.38. The minimum atomic E-state index is -0.528. The van der Waals surface area contributed by atoms with Gasteiger partial charge in [0.25, 0.3) is 0 Å². The first-order chi connectivity index (χ1) is 6.43. The lowest BCUT2D eigenvalue weighted by atomic mass is 9.88. The lowest BCUT2D eigenvalue weighted by molar-refractivity contribution is -0.146. The van der Waals surface area contributed by atoms with Gasteiger partial charge in [-0.2, -0.15) is 0 Å². The summed E-state index contributed by atoms with van der Waals surface area (Å²) in [6.45, 7) is 5.99. The van der Waals surface area contributed by atoms with E-state index in [4.69, 9.17) is 16.2 Å². The number of aliphatic hydroxyl groups is 1. The SMILES string of the molecule is CC(N)C1O[C@H](C(C)C)[C@H](N)C[C@@H]1O. The van der Waals surface area contributed by atoms with Gasteiger partial charge in [-0.25, -0.2) is 0 Å². The summed E-state index contributed by atoms with van der Waals surface area (Å²) in [7, 11) is 0. The van der Waals surface area contributed by atoms with Gasteiger partial charge in [0.15, 0.2) is 0 Å². The molecule has 1 rings (SSSR count). The van der Waals surface area contributed by atoms with Crippen molar-refractivity contribution in [2.45, 2.75) is 57.6 Å². The fourth-order valence-corrected chi connectivity index (χ4v) is 2.05. The van der Waals surface area contributed by atoms with Crippen molar-refractivity contribution >= 4 is 0 Å². The number of aliphatic hydroxyl groups excluding tert-OH is 1. The van der Waals surface area contributed by atoms with Gasteiger partial charge in [-0.15, -0.1) is 0 Å². The van der Waals surface area contributed by atoms with Gasteiger partial charge in [-0.05, 0) is 19.3 Å². The van der Waals surface area contributed by atoms with Crippen LogP contribution in [0.5, 0.6) is 0 Å². The molecule has 0 aromatic carbocycles. The van der Waals surface area contributed by atoms with Crippen molar-refractivity contribution in [2.24, 2.45) is 17.4 Å². The summed E-state index contributed by atoms with van der Waals surface area (Å²) < 4.78 is 5.73. The minimum absolute atomic E-state index is 0.00870. The molecule has 0 bridgehead atoms. The number of hydrogen-bond acceptors (Lipinski definition) is 4. The molecular weight excluding hydrogens is 180 g/mol. The highest BCUT2D eigenvalue weighted by molar-refractivity contribution is 4.91. The Hall–Kier alpha value is -0.160. The Labute approximate surface area is 85.6 Å². The maximum Gasteiger partial charge on any atom is 0.0986 e. The molecule has 1 aliphatic heterocycles. The van der Waals surface area contributed by atoms with E-state index in [-0.39, 0.29) is 24.3 Å². The topological polar surface area (TPSA) is 81.5 Å². The second kappa shape index (κ2) is 4.57. The van der Waals surface area contributed by atoms with Crippen LogP contribution in [0.3, 0.4) is 0 Å². The van der Waals surface area contributed by atoms with E-state index in [1.165, 1.54) is 0 Å². The number of hydrogen-bond donors (Lipinski definition) is 3. The Morgan fingerprint density at radius 2 is 1.86 bits per heavy atom. The van der Waals surface area contributed by atoms with E-state index in [0.717, 1.165) is 0 Å². The van der Waals surface area contributed by atoms with Crippen LogP contribution in [-0.4, -0.2) is 35.5 Å². The summed E-state index contributed by atoms with van der Waals surface area (Å²) in [5.41, 5.74) is 11.6. The van der Waals surface area contributed by atoms with E-state index in [1.807, 2.05) is 6.92 Å². The Morgan fingerprint density at radius 3 is 2.29 bits per heavy atom. The average Bonchev–Trinajstić information content (AvgIpc) is 2.02. The molecule has 4 nitrogen and oxygen atoms in total. The summed E-state index contributed by atoms with van der Waals surface area (Å²) in [4.78, 5) is 0. The second-order valence-electron chi connectivity index (χ2n) is 4.64. The smallest absolute Gasteiger partial charge is 0.0986 e. The molecule has 0 radical (unpaired) electrons. The van der Waals surface area contributed by atoms with Gasteiger partial charge in [0.05, 0.1) is 18.3 Å². The average molecular weight is 202 g/mol. The van der Waals surface area contributed by atoms with E-state index >= 15 is 0 Å². The zero-order valence-corrected chi connectivity index (χ0v) is 9.18. The molecule has 14 heavy (non-hydrogen) atoms. The molecule has 5 N–H and O–H groups in total. The second-order valence-corrected chi connectivity index (χ2v) is 4.64. The lowest BCUT2D eigenvalue weighted by Crippen LogP contribution is -2.57. The summed E-state index contributed by atoms with van der Waals surface area (Å²) in [6, 6.07) is -0.237. The molecule has 0 amide bonds. The van der Waals surface area contributed by atoms with Crippen LogP contribution in [0.1, 0.15) is 27.2 Å². The molecule has 1 fully saturated rings. The normalized spacial score (nSPS) is 41.4. The first kappa shape index (κ1) is 11.9. The molecule has 2 unspecified atom stereocenters. The van der Waals surface area contributed by atoms with Crippen molar-refractivity contribution in [2.75, 3.05) is 0 Å². The third-order valence-corrected chi connectivity index (χ3v) is 2.80. The zero-order valence-electron chi connectivity index (χ0n) is 9.18. The van der Waals surface area contributed by atoms with Crippen LogP contribution in [0.15, 0.2) is 0 Å². The van der Waals surface area contributed by atoms with Gasteiger partial charge in [0.2, 0.25) is 0 Å². The van der Waals surface area contributed by atoms with E-state index < -0.39 is 6.10 Å². The van der Waals surface area contributed by atoms with Crippen LogP contribution in [0, 0.1) is 5.92 Å². The predicted molar refractivity (Wildman–Crippen MR) is 55.7 cm³/mol. The molecule has 84 valence electrons. The highest BCUT2D eigenvalue weighted by atomic mass is 16.5. The van der Waals surface area contributed by atoms with Crippen molar-refractivity contribution < 1.29 is 9.84 Å². The molecular formula is C10H22N2O2. The van der Waals surface area contributed by atoms with Crippen LogP contribution < -0.4 is 11.5 Å². The maximum absolute atomic E-state index is 9.72. The summed E-state index contributed by atoms with van der Waals surface area (Å²) in [5.74, 6) is 0.360. The first-order valence-corrected chi connectivity index (χ1v) is 5.28. The van der Waals surface area contributed by atoms with Gasteiger partial charge in [-0.3, -0.25) is 0 Å². The standard InChI is InChI=1S/C10H22N2O2/c1-5(2)9-7(12)4-8(13)10(14-9)6(3)11/h5-10,13H,4,11-12H2,1-3H3/t6?,7-,8+,9-,10?/m1/s1. The molecule has 1 aliphatic rings. The van der Waals surface area contributed by atoms with E-state index in [2.05, 4.69) is 13.8 Å². The molecule has 1 saturated heterocycles. The Balaban J connectivity index is 2.65. The third kappa shape index (κ3) is 2.45. The van der Waals surface area contributed by atoms with E-state index in [1.54, 1.807) is 0 Å². The Kier molecular flexibility index (Phi) is 3.89. The quantitative estimate of drug-likeness (QED) is 0.581. The van der Waals surface area contributed by atoms with Crippen LogP contribution in [0.25, 0.3) is 0 Å². The monoisotopic (exact) mass is 202 g/mol. The number of rotatable bonds is 2. The molecule has 0 aromatic heterocycles. The summed E-state index contributed by atoms with van der Waals surface area (Å²) in [6.07, 6.45) is -0.216. The van der Waals surface area contributed by atoms with E-state index in [0.29, 0.717) is 12.3 Å². The van der Waals surface area contributed by atoms with Gasteiger partial charge >= 0.3 is 0 Å². The highest BCUT2D eigenvalue weighted by Crippen LogP contribution is 2.25. The molecule has 1 heterocycles. The van der Waals surface area contributed by atoms with Gasteiger partial charge < -0.3 is 21.3 Å². The first-order valence-electron chi connectivity index (χ1n) is 5.28. The molecule has 4 heteroatoms. The number of ether oxygens (including phenoxy) is 1. The third-order valence-electron chi connectivity index (χ3n) is 2.80. The summed E-state index contributed by atoms with van der Waals surface area (Å²) >= 11 is 0. The number of nitrogens with two attached hydrogens (primary N) is 2. The molecule has 5 atom stereocenters. The Bertz CT molecular complexity index is 167. The van der Waals surface area contributed by atoms with Crippen LogP contribution >= 0.6 is 0 Å². The van der Waals surface area contributed by atoms with Gasteiger partial charge in [0, 0.05) is 12.1 Å². The minimum Gasteiger partial charge on any atom is -0.390 e. The van der Waals surface area contributed by atoms with Crippen molar-refractivity contribution in [3.63, 3.8) is 0 Å². The summed E-state index contributed by atoms with van der Waals surface area (Å²) in [5, 5.41) is 9.72. The van der Waals surface area contributed by atoms with Gasteiger partial charge in [0.1, 0.15) is 0 Å². The molecule has 0 spiro atoms. The molecule has 0 aliphatic carbocycles. The fourth-order valence-electron chi connectivity index (χ4n) is 2.05. The van der Waals surface area contributed by atoms with Gasteiger partial charge in [-0.1, -0.05) is 13.8 Å². The lowest BCUT2D eigenvalue weighted by Gasteiger charge is -2.41. The predicted octanol–water partition coefficient (Wildman–Crippen LogP) is -0.165. The van der Waals surface area contributed by atoms with Crippen molar-refractivity contribution in [3.05, 3.63) is 0 Å². The Morgan fingerprint density at radius 1 is 1.29 bits per heavy atom. The zero-order chi connectivity index (χ0) is 10.9. The maximum atomic E-state index is 9.72. The molecule has 0 aromatic rings. The van der Waals surface area contributed by atoms with Crippen LogP contribution in [0.2, 0.25) is 0 Å². The van der Waals surface area contributed by atoms with Crippen molar-refractivity contribution in [1.29, 1.82) is 0 Å². The fraction of sp³-hybridized carbons (Fsp3) is 1.00. The van der Waals surface area contributed by atoms with Crippen LogP contribution in [-0.2, 0) is 4.74 Å². The largest absolute Gasteiger partial charge is 0.390 e. The molecule has 0 saturated carbocycles. The van der Waals surface area contributed by atoms with Crippen molar-refractivity contribution in [3.8, 4) is 0 Å². The van der Waals surface area contributed by atoms with Crippen molar-refractivity contribution in [1.82, 2.24) is 0 Å². The van der Waals surface area contributed by atoms with E-state index in [9.17, 15) is 5.11 Å². The van der Waals surface area contributed by atoms with Crippen LogP contribution in [0.4, 0.5) is 0 Å².